The summed E-state index contributed by atoms with van der Waals surface area (Å²) in [6.45, 7) is 2.11. The maximum atomic E-state index is 12.4. The van der Waals surface area contributed by atoms with Crippen LogP contribution >= 0.6 is 0 Å². The highest BCUT2D eigenvalue weighted by Crippen LogP contribution is 2.21. The van der Waals surface area contributed by atoms with E-state index < -0.39 is 0 Å². The van der Waals surface area contributed by atoms with Gasteiger partial charge in [-0.3, -0.25) is 4.79 Å². The molecule has 0 bridgehead atoms. The highest BCUT2D eigenvalue weighted by Gasteiger charge is 2.15. The first kappa shape index (κ1) is 19.6. The Bertz CT molecular complexity index is 876. The molecule has 1 unspecified atom stereocenters. The van der Waals surface area contributed by atoms with Gasteiger partial charge in [0.1, 0.15) is 5.75 Å². The third-order valence-electron chi connectivity index (χ3n) is 4.50. The van der Waals surface area contributed by atoms with Gasteiger partial charge in [0.15, 0.2) is 0 Å². The van der Waals surface area contributed by atoms with Gasteiger partial charge in [-0.2, -0.15) is 4.98 Å². The second-order valence-electron chi connectivity index (χ2n) is 6.56. The van der Waals surface area contributed by atoms with E-state index in [9.17, 15) is 4.79 Å². The van der Waals surface area contributed by atoms with Crippen LogP contribution in [0.2, 0.25) is 0 Å². The predicted molar refractivity (Wildman–Crippen MR) is 107 cm³/mol. The van der Waals surface area contributed by atoms with Crippen molar-refractivity contribution in [2.24, 2.45) is 0 Å². The summed E-state index contributed by atoms with van der Waals surface area (Å²) in [6.07, 6.45) is 2.60. The van der Waals surface area contributed by atoms with Crippen LogP contribution in [0.5, 0.6) is 5.75 Å². The Labute approximate surface area is 164 Å². The Morgan fingerprint density at radius 3 is 2.57 bits per heavy atom. The standard InChI is InChI=1S/C22H25N3O3/c1-3-7-19(16-8-5-4-6-9-16)23-20(26)14-15-21-24-22(25-28-21)17-10-12-18(27-2)13-11-17/h4-6,8-13,19H,3,7,14-15H2,1-2H3,(H,23,26). The minimum absolute atomic E-state index is 0.0218. The van der Waals surface area contributed by atoms with Crippen molar-refractivity contribution in [1.29, 1.82) is 0 Å². The summed E-state index contributed by atoms with van der Waals surface area (Å²) in [6, 6.07) is 17.5. The highest BCUT2D eigenvalue weighted by molar-refractivity contribution is 5.76. The second kappa shape index (κ2) is 9.69. The van der Waals surface area contributed by atoms with Crippen LogP contribution in [0.4, 0.5) is 0 Å². The lowest BCUT2D eigenvalue weighted by Crippen LogP contribution is -2.28. The molecule has 146 valence electrons. The molecule has 1 N–H and O–H groups in total. The van der Waals surface area contributed by atoms with Gasteiger partial charge in [0.05, 0.1) is 13.2 Å². The van der Waals surface area contributed by atoms with Crippen LogP contribution in [0.1, 0.15) is 43.7 Å². The second-order valence-corrected chi connectivity index (χ2v) is 6.56. The van der Waals surface area contributed by atoms with Crippen LogP contribution in [0, 0.1) is 0 Å². The summed E-state index contributed by atoms with van der Waals surface area (Å²) in [4.78, 5) is 16.8. The number of nitrogens with one attached hydrogen (secondary N) is 1. The summed E-state index contributed by atoms with van der Waals surface area (Å²) >= 11 is 0. The van der Waals surface area contributed by atoms with E-state index in [0.717, 1.165) is 29.7 Å². The van der Waals surface area contributed by atoms with Crippen LogP contribution < -0.4 is 10.1 Å². The van der Waals surface area contributed by atoms with E-state index in [1.54, 1.807) is 7.11 Å². The zero-order valence-electron chi connectivity index (χ0n) is 16.2. The first-order chi connectivity index (χ1) is 13.7. The molecular formula is C22H25N3O3. The zero-order valence-corrected chi connectivity index (χ0v) is 16.2. The number of carbonyl (C=O) groups is 1. The first-order valence-electron chi connectivity index (χ1n) is 9.51. The lowest BCUT2D eigenvalue weighted by Gasteiger charge is -2.18. The van der Waals surface area contributed by atoms with Crippen LogP contribution in [0.3, 0.4) is 0 Å². The van der Waals surface area contributed by atoms with Gasteiger partial charge in [0, 0.05) is 18.4 Å². The Morgan fingerprint density at radius 1 is 1.14 bits per heavy atom. The number of hydrogen-bond donors (Lipinski definition) is 1. The van der Waals surface area contributed by atoms with Crippen LogP contribution in [-0.4, -0.2) is 23.2 Å². The molecule has 0 radical (unpaired) electrons. The fraction of sp³-hybridized carbons (Fsp3) is 0.318. The molecule has 3 rings (SSSR count). The number of methoxy groups -OCH3 is 1. The zero-order chi connectivity index (χ0) is 19.8. The molecule has 0 fully saturated rings. The molecule has 2 aromatic carbocycles. The van der Waals surface area contributed by atoms with Gasteiger partial charge in [0.25, 0.3) is 0 Å². The molecule has 1 aromatic heterocycles. The first-order valence-corrected chi connectivity index (χ1v) is 9.51. The summed E-state index contributed by atoms with van der Waals surface area (Å²) in [5.41, 5.74) is 1.96. The third kappa shape index (κ3) is 5.19. The van der Waals surface area contributed by atoms with Gasteiger partial charge >= 0.3 is 0 Å². The van der Waals surface area contributed by atoms with Crippen molar-refractivity contribution in [3.63, 3.8) is 0 Å². The number of amides is 1. The predicted octanol–water partition coefficient (Wildman–Crippen LogP) is 4.34. The summed E-state index contributed by atoms with van der Waals surface area (Å²) in [5.74, 6) is 1.70. The molecule has 1 heterocycles. The number of aryl methyl sites for hydroxylation is 1. The third-order valence-corrected chi connectivity index (χ3v) is 4.50. The maximum Gasteiger partial charge on any atom is 0.227 e. The minimum Gasteiger partial charge on any atom is -0.497 e. The monoisotopic (exact) mass is 379 g/mol. The highest BCUT2D eigenvalue weighted by atomic mass is 16.5. The molecule has 1 atom stereocenters. The fourth-order valence-corrected chi connectivity index (χ4v) is 3.00. The lowest BCUT2D eigenvalue weighted by molar-refractivity contribution is -0.122. The molecule has 0 aliphatic rings. The lowest BCUT2D eigenvalue weighted by atomic mass is 10.0. The Morgan fingerprint density at radius 2 is 1.89 bits per heavy atom. The number of ether oxygens (including phenoxy) is 1. The molecular weight excluding hydrogens is 354 g/mol. The average Bonchev–Trinajstić information content (AvgIpc) is 3.22. The number of carbonyl (C=O) groups excluding carboxylic acids is 1. The molecule has 6 nitrogen and oxygen atoms in total. The molecule has 0 saturated carbocycles. The topological polar surface area (TPSA) is 77.2 Å². The summed E-state index contributed by atoms with van der Waals surface area (Å²) in [5, 5.41) is 7.11. The Hall–Kier alpha value is -3.15. The number of benzene rings is 2. The quantitative estimate of drug-likeness (QED) is 0.598. The van der Waals surface area contributed by atoms with Crippen LogP contribution in [-0.2, 0) is 11.2 Å². The largest absolute Gasteiger partial charge is 0.497 e. The van der Waals surface area contributed by atoms with Gasteiger partial charge in [0.2, 0.25) is 17.6 Å². The molecule has 0 spiro atoms. The molecule has 28 heavy (non-hydrogen) atoms. The summed E-state index contributed by atoms with van der Waals surface area (Å²) < 4.78 is 10.4. The SMILES string of the molecule is CCCC(NC(=O)CCc1nc(-c2ccc(OC)cc2)no1)c1ccccc1. The van der Waals surface area contributed by atoms with Crippen molar-refractivity contribution in [2.45, 2.75) is 38.6 Å². The van der Waals surface area contributed by atoms with Gasteiger partial charge in [-0.15, -0.1) is 0 Å². The van der Waals surface area contributed by atoms with E-state index in [2.05, 4.69) is 22.4 Å². The van der Waals surface area contributed by atoms with Crippen LogP contribution in [0.15, 0.2) is 59.1 Å². The van der Waals surface area contributed by atoms with E-state index in [1.165, 1.54) is 0 Å². The van der Waals surface area contributed by atoms with Crippen molar-refractivity contribution < 1.29 is 14.1 Å². The van der Waals surface area contributed by atoms with Gasteiger partial charge in [-0.25, -0.2) is 0 Å². The van der Waals surface area contributed by atoms with Gasteiger partial charge in [-0.05, 0) is 36.2 Å². The Kier molecular flexibility index (Phi) is 6.78. The van der Waals surface area contributed by atoms with Crippen LogP contribution in [0.25, 0.3) is 11.4 Å². The molecule has 0 aliphatic heterocycles. The number of nitrogens with zero attached hydrogens (tertiary/aromatic N) is 2. The van der Waals surface area contributed by atoms with Gasteiger partial charge in [-0.1, -0.05) is 48.8 Å². The van der Waals surface area contributed by atoms with Crippen molar-refractivity contribution in [3.8, 4) is 17.1 Å². The van der Waals surface area contributed by atoms with E-state index in [-0.39, 0.29) is 11.9 Å². The minimum atomic E-state index is -0.0218. The normalized spacial score (nSPS) is 11.8. The summed E-state index contributed by atoms with van der Waals surface area (Å²) in [7, 11) is 1.62. The van der Waals surface area contributed by atoms with E-state index in [0.29, 0.717) is 24.6 Å². The number of aromatic nitrogens is 2. The fourth-order valence-electron chi connectivity index (χ4n) is 3.00. The van der Waals surface area contributed by atoms with Crippen molar-refractivity contribution in [2.75, 3.05) is 7.11 Å². The molecule has 3 aromatic rings. The van der Waals surface area contributed by atoms with Crippen molar-refractivity contribution in [1.82, 2.24) is 15.5 Å². The van der Waals surface area contributed by atoms with E-state index in [1.807, 2.05) is 54.6 Å². The van der Waals surface area contributed by atoms with E-state index >= 15 is 0 Å². The molecule has 0 saturated heterocycles. The molecule has 6 heteroatoms. The smallest absolute Gasteiger partial charge is 0.227 e. The molecule has 1 amide bonds. The molecule has 0 aliphatic carbocycles. The van der Waals surface area contributed by atoms with E-state index in [4.69, 9.17) is 9.26 Å². The Balaban J connectivity index is 1.56. The van der Waals surface area contributed by atoms with Gasteiger partial charge < -0.3 is 14.6 Å². The van der Waals surface area contributed by atoms with Crippen molar-refractivity contribution in [3.05, 3.63) is 66.1 Å². The maximum absolute atomic E-state index is 12.4. The number of rotatable bonds is 9. The average molecular weight is 379 g/mol. The number of hydrogen-bond acceptors (Lipinski definition) is 5. The van der Waals surface area contributed by atoms with Crippen molar-refractivity contribution >= 4 is 5.91 Å².